The second-order valence-electron chi connectivity index (χ2n) is 12.9. The number of rotatable bonds is 14. The third kappa shape index (κ3) is 8.69. The van der Waals surface area contributed by atoms with Crippen molar-refractivity contribution in [2.45, 2.75) is 58.5 Å². The predicted octanol–water partition coefficient (Wildman–Crippen LogP) is 5.74. The van der Waals surface area contributed by atoms with Crippen molar-refractivity contribution < 1.29 is 27.5 Å². The summed E-state index contributed by atoms with van der Waals surface area (Å²) in [7, 11) is -3.48. The molecule has 1 atom stereocenters. The first-order valence-electron chi connectivity index (χ1n) is 17.5. The molecule has 0 fully saturated rings. The Kier molecular flexibility index (Phi) is 11.9. The Labute approximate surface area is 311 Å². The SMILES string of the molecule is CCN(CC)c1ccc(NC2(NC(C)=O)C(=O)N(c3ccccc3)N=C2NC(=O)c2ccc(OCCCS(=O)(=O)c3cc(C)c(C)c(C)c3)cc2)cc1. The van der Waals surface area contributed by atoms with Gasteiger partial charge in [-0.15, -0.1) is 5.10 Å². The highest BCUT2D eigenvalue weighted by molar-refractivity contribution is 7.91. The molecule has 0 saturated heterocycles. The number of amides is 3. The van der Waals surface area contributed by atoms with Crippen molar-refractivity contribution in [3.63, 3.8) is 0 Å². The molecule has 0 spiro atoms. The summed E-state index contributed by atoms with van der Waals surface area (Å²) in [5.74, 6) is -1.48. The van der Waals surface area contributed by atoms with Gasteiger partial charge in [-0.25, -0.2) is 8.42 Å². The zero-order valence-electron chi connectivity index (χ0n) is 30.9. The summed E-state index contributed by atoms with van der Waals surface area (Å²) in [5, 5.41) is 14.3. The number of carbonyl (C=O) groups excluding carboxylic acids is 3. The van der Waals surface area contributed by atoms with Gasteiger partial charge in [0.05, 0.1) is 22.9 Å². The lowest BCUT2D eigenvalue weighted by molar-refractivity contribution is -0.127. The lowest BCUT2D eigenvalue weighted by Crippen LogP contribution is -2.67. The summed E-state index contributed by atoms with van der Waals surface area (Å²) in [6.45, 7) is 13.0. The number of hydrazone groups is 1. The van der Waals surface area contributed by atoms with Crippen LogP contribution in [-0.2, 0) is 19.4 Å². The highest BCUT2D eigenvalue weighted by atomic mass is 32.2. The van der Waals surface area contributed by atoms with Gasteiger partial charge < -0.3 is 25.6 Å². The third-order valence-electron chi connectivity index (χ3n) is 9.19. The van der Waals surface area contributed by atoms with Gasteiger partial charge in [0.1, 0.15) is 5.75 Å². The monoisotopic (exact) mass is 738 g/mol. The van der Waals surface area contributed by atoms with E-state index in [1.807, 2.05) is 32.9 Å². The van der Waals surface area contributed by atoms with Gasteiger partial charge in [0.15, 0.2) is 15.7 Å². The predicted molar refractivity (Wildman–Crippen MR) is 208 cm³/mol. The smallest absolute Gasteiger partial charge is 0.302 e. The van der Waals surface area contributed by atoms with Crippen molar-refractivity contribution in [1.29, 1.82) is 0 Å². The van der Waals surface area contributed by atoms with E-state index < -0.39 is 33.2 Å². The molecule has 0 aliphatic carbocycles. The van der Waals surface area contributed by atoms with Crippen LogP contribution in [0.5, 0.6) is 5.75 Å². The molecule has 0 bridgehead atoms. The van der Waals surface area contributed by atoms with Crippen LogP contribution >= 0.6 is 0 Å². The molecule has 5 rings (SSSR count). The first kappa shape index (κ1) is 38.5. The zero-order valence-corrected chi connectivity index (χ0v) is 31.7. The van der Waals surface area contributed by atoms with Crippen LogP contribution in [0.3, 0.4) is 0 Å². The highest BCUT2D eigenvalue weighted by Gasteiger charge is 2.54. The van der Waals surface area contributed by atoms with Crippen LogP contribution < -0.4 is 30.6 Å². The molecule has 13 heteroatoms. The van der Waals surface area contributed by atoms with Crippen LogP contribution in [0.25, 0.3) is 0 Å². The van der Waals surface area contributed by atoms with E-state index in [1.54, 1.807) is 78.9 Å². The summed E-state index contributed by atoms with van der Waals surface area (Å²) in [6.07, 6.45) is 0.277. The van der Waals surface area contributed by atoms with Gasteiger partial charge in [-0.1, -0.05) is 18.2 Å². The second-order valence-corrected chi connectivity index (χ2v) is 15.0. The van der Waals surface area contributed by atoms with E-state index in [0.29, 0.717) is 22.0 Å². The van der Waals surface area contributed by atoms with E-state index in [1.165, 1.54) is 6.92 Å². The second kappa shape index (κ2) is 16.3. The fraction of sp³-hybridized carbons (Fsp3) is 0.300. The normalized spacial score (nSPS) is 15.5. The molecule has 1 aliphatic rings. The van der Waals surface area contributed by atoms with Gasteiger partial charge >= 0.3 is 5.91 Å². The molecule has 1 heterocycles. The van der Waals surface area contributed by atoms with Crippen LogP contribution in [0.4, 0.5) is 17.1 Å². The van der Waals surface area contributed by atoms with Crippen LogP contribution in [0.2, 0.25) is 0 Å². The number of para-hydroxylation sites is 1. The number of nitrogens with one attached hydrogen (secondary N) is 3. The third-order valence-corrected chi connectivity index (χ3v) is 11.0. The standard InChI is InChI=1S/C40H46N6O6S/c1-7-45(8-2)33-19-17-32(18-20-33)43-40(42-30(6)47)38(44-46(39(40)49)34-13-10-9-11-14-34)41-37(48)31-15-21-35(22-16-31)52-23-12-24-53(50,51)36-25-27(3)29(5)28(4)26-36/h9-11,13-22,25-26,43H,7-8,12,23-24H2,1-6H3,(H,42,47)(H,41,44,48). The van der Waals surface area contributed by atoms with Gasteiger partial charge in [-0.2, -0.15) is 5.01 Å². The maximum absolute atomic E-state index is 14.2. The van der Waals surface area contributed by atoms with Crippen LogP contribution in [0.1, 0.15) is 54.2 Å². The Morgan fingerprint density at radius 2 is 1.51 bits per heavy atom. The van der Waals surface area contributed by atoms with Crippen LogP contribution in [-0.4, -0.2) is 63.1 Å². The highest BCUT2D eigenvalue weighted by Crippen LogP contribution is 2.29. The zero-order chi connectivity index (χ0) is 38.3. The molecule has 12 nitrogen and oxygen atoms in total. The molecule has 278 valence electrons. The lowest BCUT2D eigenvalue weighted by Gasteiger charge is -2.31. The quantitative estimate of drug-likeness (QED) is 0.110. The number of benzene rings is 4. The molecule has 3 N–H and O–H groups in total. The molecule has 0 radical (unpaired) electrons. The van der Waals surface area contributed by atoms with Gasteiger partial charge in [0.25, 0.3) is 11.6 Å². The Hall–Kier alpha value is -5.69. The van der Waals surface area contributed by atoms with Crippen LogP contribution in [0, 0.1) is 20.8 Å². The first-order valence-corrected chi connectivity index (χ1v) is 19.2. The first-order chi connectivity index (χ1) is 25.3. The Morgan fingerprint density at radius 3 is 2.09 bits per heavy atom. The number of nitrogens with zero attached hydrogens (tertiary/aromatic N) is 3. The van der Waals surface area contributed by atoms with E-state index in [0.717, 1.165) is 40.5 Å². The van der Waals surface area contributed by atoms with Crippen molar-refractivity contribution in [2.75, 3.05) is 40.7 Å². The van der Waals surface area contributed by atoms with Gasteiger partial charge in [-0.05, 0) is 131 Å². The number of anilines is 3. The van der Waals surface area contributed by atoms with Crippen molar-refractivity contribution in [3.05, 3.63) is 113 Å². The van der Waals surface area contributed by atoms with E-state index in [9.17, 15) is 22.8 Å². The summed E-state index contributed by atoms with van der Waals surface area (Å²) in [5.41, 5.74) is 3.16. The minimum absolute atomic E-state index is 0.0690. The van der Waals surface area contributed by atoms with E-state index in [2.05, 4.69) is 39.8 Å². The number of ether oxygens (including phenoxy) is 1. The molecular weight excluding hydrogens is 693 g/mol. The minimum Gasteiger partial charge on any atom is -0.494 e. The number of hydrogen-bond donors (Lipinski definition) is 3. The maximum atomic E-state index is 14.2. The van der Waals surface area contributed by atoms with Crippen molar-refractivity contribution in [1.82, 2.24) is 10.6 Å². The summed E-state index contributed by atoms with van der Waals surface area (Å²) >= 11 is 0. The fourth-order valence-corrected chi connectivity index (χ4v) is 7.49. The largest absolute Gasteiger partial charge is 0.494 e. The van der Waals surface area contributed by atoms with Gasteiger partial charge in [-0.3, -0.25) is 14.4 Å². The maximum Gasteiger partial charge on any atom is 0.302 e. The summed E-state index contributed by atoms with van der Waals surface area (Å²) in [6, 6.07) is 25.8. The lowest BCUT2D eigenvalue weighted by atomic mass is 10.1. The number of hydrogen-bond acceptors (Lipinski definition) is 9. The number of sulfone groups is 1. The molecule has 4 aromatic rings. The average molecular weight is 739 g/mol. The molecule has 0 aromatic heterocycles. The molecule has 1 unspecified atom stereocenters. The number of amidine groups is 1. The Balaban J connectivity index is 1.32. The number of aryl methyl sites for hydroxylation is 2. The molecule has 4 aromatic carbocycles. The topological polar surface area (TPSA) is 150 Å². The van der Waals surface area contributed by atoms with Crippen molar-refractivity contribution in [3.8, 4) is 5.75 Å². The number of carbonyl (C=O) groups is 3. The molecule has 53 heavy (non-hydrogen) atoms. The van der Waals surface area contributed by atoms with E-state index >= 15 is 0 Å². The van der Waals surface area contributed by atoms with Gasteiger partial charge in [0.2, 0.25) is 5.91 Å². The summed E-state index contributed by atoms with van der Waals surface area (Å²) in [4.78, 5) is 43.1. The van der Waals surface area contributed by atoms with E-state index in [-0.39, 0.29) is 30.2 Å². The fourth-order valence-electron chi connectivity index (χ4n) is 6.04. The molecule has 3 amide bonds. The van der Waals surface area contributed by atoms with Crippen molar-refractivity contribution >= 4 is 50.5 Å². The van der Waals surface area contributed by atoms with E-state index in [4.69, 9.17) is 4.74 Å². The summed E-state index contributed by atoms with van der Waals surface area (Å²) < 4.78 is 31.7. The average Bonchev–Trinajstić information content (AvgIpc) is 3.39. The molecule has 1 aliphatic heterocycles. The Morgan fingerprint density at radius 1 is 0.887 bits per heavy atom. The van der Waals surface area contributed by atoms with Crippen LogP contribution in [0.15, 0.2) is 101 Å². The molecular formula is C40H46N6O6S. The van der Waals surface area contributed by atoms with Gasteiger partial charge in [0, 0.05) is 37.0 Å². The minimum atomic E-state index is -3.48. The van der Waals surface area contributed by atoms with Crippen molar-refractivity contribution in [2.24, 2.45) is 5.10 Å². The molecule has 0 saturated carbocycles. The Bertz CT molecular complexity index is 2080.